The van der Waals surface area contributed by atoms with E-state index < -0.39 is 0 Å². The topological polar surface area (TPSA) is 29.5 Å². The molecule has 0 aromatic heterocycles. The van der Waals surface area contributed by atoms with E-state index in [4.69, 9.17) is 4.74 Å². The molecule has 1 fully saturated rings. The predicted molar refractivity (Wildman–Crippen MR) is 76.3 cm³/mol. The van der Waals surface area contributed by atoms with Crippen molar-refractivity contribution >= 4 is 5.91 Å². The summed E-state index contributed by atoms with van der Waals surface area (Å²) in [4.78, 5) is 14.0. The van der Waals surface area contributed by atoms with Crippen LogP contribution in [0.5, 0.6) is 5.75 Å². The van der Waals surface area contributed by atoms with Crippen LogP contribution in [0.2, 0.25) is 0 Å². The molecule has 1 aromatic carbocycles. The van der Waals surface area contributed by atoms with Crippen LogP contribution in [0.25, 0.3) is 0 Å². The number of aryl methyl sites for hydroxylation is 1. The summed E-state index contributed by atoms with van der Waals surface area (Å²) < 4.78 is 5.56. The molecule has 0 saturated carbocycles. The third kappa shape index (κ3) is 3.98. The minimum atomic E-state index is 0.0945. The Morgan fingerprint density at radius 2 is 2.00 bits per heavy atom. The Labute approximate surface area is 115 Å². The van der Waals surface area contributed by atoms with Crippen molar-refractivity contribution in [1.82, 2.24) is 4.90 Å². The minimum Gasteiger partial charge on any atom is -0.484 e. The van der Waals surface area contributed by atoms with Crippen molar-refractivity contribution in [2.45, 2.75) is 33.6 Å². The molecule has 2 rings (SSSR count). The average Bonchev–Trinajstić information content (AvgIpc) is 2.36. The summed E-state index contributed by atoms with van der Waals surface area (Å²) in [5.74, 6) is 0.864. The van der Waals surface area contributed by atoms with Gasteiger partial charge in [0, 0.05) is 13.1 Å². The van der Waals surface area contributed by atoms with Crippen LogP contribution in [0.4, 0.5) is 0 Å². The molecule has 19 heavy (non-hydrogen) atoms. The molecule has 0 atom stereocenters. The van der Waals surface area contributed by atoms with Crippen LogP contribution in [0.1, 0.15) is 32.3 Å². The molecule has 3 heteroatoms. The van der Waals surface area contributed by atoms with Gasteiger partial charge in [0.25, 0.3) is 5.91 Å². The van der Waals surface area contributed by atoms with E-state index in [-0.39, 0.29) is 12.5 Å². The van der Waals surface area contributed by atoms with Crippen molar-refractivity contribution in [3.05, 3.63) is 29.8 Å². The van der Waals surface area contributed by atoms with Crippen LogP contribution in [0.3, 0.4) is 0 Å². The molecular weight excluding hydrogens is 238 g/mol. The highest BCUT2D eigenvalue weighted by atomic mass is 16.5. The zero-order chi connectivity index (χ0) is 13.9. The number of likely N-dealkylation sites (tertiary alicyclic amines) is 1. The Morgan fingerprint density at radius 1 is 1.32 bits per heavy atom. The molecular formula is C16H23NO2. The second-order valence-corrected chi connectivity index (χ2v) is 6.15. The first kappa shape index (κ1) is 13.9. The van der Waals surface area contributed by atoms with E-state index in [1.54, 1.807) is 0 Å². The lowest BCUT2D eigenvalue weighted by atomic mass is 9.83. The van der Waals surface area contributed by atoms with Crippen LogP contribution < -0.4 is 4.74 Å². The first-order chi connectivity index (χ1) is 8.96. The zero-order valence-electron chi connectivity index (χ0n) is 12.1. The van der Waals surface area contributed by atoms with Crippen molar-refractivity contribution in [3.63, 3.8) is 0 Å². The van der Waals surface area contributed by atoms with Gasteiger partial charge in [-0.1, -0.05) is 26.0 Å². The van der Waals surface area contributed by atoms with E-state index in [0.717, 1.165) is 37.2 Å². The Balaban J connectivity index is 1.82. The van der Waals surface area contributed by atoms with Crippen LogP contribution in [-0.4, -0.2) is 30.5 Å². The van der Waals surface area contributed by atoms with Gasteiger partial charge in [0.2, 0.25) is 0 Å². The lowest BCUT2D eigenvalue weighted by Gasteiger charge is -2.36. The second kappa shape index (κ2) is 5.64. The number of carbonyl (C=O) groups is 1. The molecule has 0 aliphatic carbocycles. The fourth-order valence-electron chi connectivity index (χ4n) is 2.30. The number of amides is 1. The van der Waals surface area contributed by atoms with Crippen LogP contribution in [0, 0.1) is 12.3 Å². The number of nitrogens with zero attached hydrogens (tertiary/aromatic N) is 1. The number of piperidine rings is 1. The number of benzene rings is 1. The molecule has 1 aliphatic rings. The quantitative estimate of drug-likeness (QED) is 0.837. The van der Waals surface area contributed by atoms with E-state index in [1.165, 1.54) is 0 Å². The Kier molecular flexibility index (Phi) is 4.13. The molecule has 1 aromatic rings. The molecule has 0 spiro atoms. The maximum absolute atomic E-state index is 12.1. The number of ether oxygens (including phenoxy) is 1. The van der Waals surface area contributed by atoms with Crippen molar-refractivity contribution in [1.29, 1.82) is 0 Å². The summed E-state index contributed by atoms with van der Waals surface area (Å²) in [6.07, 6.45) is 2.15. The molecule has 3 nitrogen and oxygen atoms in total. The third-order valence-corrected chi connectivity index (χ3v) is 3.82. The molecule has 0 N–H and O–H groups in total. The van der Waals surface area contributed by atoms with Gasteiger partial charge in [-0.2, -0.15) is 0 Å². The molecule has 1 heterocycles. The standard InChI is InChI=1S/C16H23NO2/c1-13-5-4-6-14(11-13)19-12-15(18)17-9-7-16(2,3)8-10-17/h4-6,11H,7-10,12H2,1-3H3. The van der Waals surface area contributed by atoms with Gasteiger partial charge in [-0.05, 0) is 42.9 Å². The summed E-state index contributed by atoms with van der Waals surface area (Å²) in [5, 5.41) is 0. The lowest BCUT2D eigenvalue weighted by molar-refractivity contribution is -0.135. The van der Waals surface area contributed by atoms with Crippen LogP contribution in [-0.2, 0) is 4.79 Å². The highest BCUT2D eigenvalue weighted by Crippen LogP contribution is 2.29. The first-order valence-corrected chi connectivity index (χ1v) is 6.94. The Morgan fingerprint density at radius 3 is 2.63 bits per heavy atom. The predicted octanol–water partition coefficient (Wildman–Crippen LogP) is 3.02. The largest absolute Gasteiger partial charge is 0.484 e. The van der Waals surface area contributed by atoms with E-state index in [2.05, 4.69) is 13.8 Å². The molecule has 1 aliphatic heterocycles. The molecule has 1 saturated heterocycles. The molecule has 104 valence electrons. The van der Waals surface area contributed by atoms with Gasteiger partial charge in [-0.15, -0.1) is 0 Å². The van der Waals surface area contributed by atoms with Gasteiger partial charge in [0.05, 0.1) is 0 Å². The highest BCUT2D eigenvalue weighted by Gasteiger charge is 2.27. The van der Waals surface area contributed by atoms with Crippen molar-refractivity contribution in [3.8, 4) is 5.75 Å². The van der Waals surface area contributed by atoms with Crippen molar-refractivity contribution in [2.75, 3.05) is 19.7 Å². The number of hydrogen-bond donors (Lipinski definition) is 0. The SMILES string of the molecule is Cc1cccc(OCC(=O)N2CCC(C)(C)CC2)c1. The molecule has 0 bridgehead atoms. The molecule has 0 unspecified atom stereocenters. The van der Waals surface area contributed by atoms with Gasteiger partial charge in [0.15, 0.2) is 6.61 Å². The summed E-state index contributed by atoms with van der Waals surface area (Å²) >= 11 is 0. The van der Waals surface area contributed by atoms with E-state index in [0.29, 0.717) is 5.41 Å². The fourth-order valence-corrected chi connectivity index (χ4v) is 2.30. The summed E-state index contributed by atoms with van der Waals surface area (Å²) in [7, 11) is 0. The number of carbonyl (C=O) groups excluding carboxylic acids is 1. The lowest BCUT2D eigenvalue weighted by Crippen LogP contribution is -2.43. The van der Waals surface area contributed by atoms with Gasteiger partial charge in [-0.3, -0.25) is 4.79 Å². The number of rotatable bonds is 3. The van der Waals surface area contributed by atoms with E-state index in [9.17, 15) is 4.79 Å². The van der Waals surface area contributed by atoms with Gasteiger partial charge >= 0.3 is 0 Å². The Hall–Kier alpha value is -1.51. The third-order valence-electron chi connectivity index (χ3n) is 3.82. The fraction of sp³-hybridized carbons (Fsp3) is 0.562. The number of hydrogen-bond acceptors (Lipinski definition) is 2. The maximum Gasteiger partial charge on any atom is 0.260 e. The minimum absolute atomic E-state index is 0.0945. The second-order valence-electron chi connectivity index (χ2n) is 6.15. The van der Waals surface area contributed by atoms with Crippen LogP contribution >= 0.6 is 0 Å². The van der Waals surface area contributed by atoms with Crippen LogP contribution in [0.15, 0.2) is 24.3 Å². The zero-order valence-corrected chi connectivity index (χ0v) is 12.1. The van der Waals surface area contributed by atoms with Gasteiger partial charge < -0.3 is 9.64 Å². The Bertz CT molecular complexity index is 444. The monoisotopic (exact) mass is 261 g/mol. The van der Waals surface area contributed by atoms with Crippen molar-refractivity contribution in [2.24, 2.45) is 5.41 Å². The van der Waals surface area contributed by atoms with E-state index in [1.807, 2.05) is 36.1 Å². The first-order valence-electron chi connectivity index (χ1n) is 6.94. The summed E-state index contributed by atoms with van der Waals surface area (Å²) in [5.41, 5.74) is 1.51. The van der Waals surface area contributed by atoms with Gasteiger partial charge in [0.1, 0.15) is 5.75 Å². The van der Waals surface area contributed by atoms with E-state index >= 15 is 0 Å². The van der Waals surface area contributed by atoms with Crippen molar-refractivity contribution < 1.29 is 9.53 Å². The maximum atomic E-state index is 12.1. The summed E-state index contributed by atoms with van der Waals surface area (Å²) in [6, 6.07) is 7.80. The molecule has 0 radical (unpaired) electrons. The highest BCUT2D eigenvalue weighted by molar-refractivity contribution is 5.77. The smallest absolute Gasteiger partial charge is 0.260 e. The molecule has 1 amide bonds. The summed E-state index contributed by atoms with van der Waals surface area (Å²) in [6.45, 7) is 8.38. The van der Waals surface area contributed by atoms with Gasteiger partial charge in [-0.25, -0.2) is 0 Å². The average molecular weight is 261 g/mol. The normalized spacial score (nSPS) is 18.2.